The van der Waals surface area contributed by atoms with Crippen LogP contribution in [-0.4, -0.2) is 15.9 Å². The number of anilines is 1. The Balaban J connectivity index is 2.31. The first-order valence-corrected chi connectivity index (χ1v) is 6.30. The van der Waals surface area contributed by atoms with Gasteiger partial charge in [0.25, 0.3) is 0 Å². The molecular formula is C13H20N4. The van der Waals surface area contributed by atoms with Crippen LogP contribution in [0.5, 0.6) is 0 Å². The van der Waals surface area contributed by atoms with Crippen molar-refractivity contribution in [2.75, 3.05) is 5.43 Å². The van der Waals surface area contributed by atoms with Crippen LogP contribution in [0.1, 0.15) is 49.9 Å². The quantitative estimate of drug-likeness (QED) is 0.484. The lowest BCUT2D eigenvalue weighted by molar-refractivity contribution is 0.706. The van der Waals surface area contributed by atoms with E-state index in [0.29, 0.717) is 0 Å². The monoisotopic (exact) mass is 232 g/mol. The summed E-state index contributed by atoms with van der Waals surface area (Å²) in [5.74, 6) is 0.798. The van der Waals surface area contributed by atoms with Gasteiger partial charge in [-0.1, -0.05) is 6.42 Å². The van der Waals surface area contributed by atoms with Crippen molar-refractivity contribution in [3.05, 3.63) is 16.8 Å². The van der Waals surface area contributed by atoms with Crippen LogP contribution in [0, 0.1) is 6.92 Å². The van der Waals surface area contributed by atoms with Gasteiger partial charge in [-0.2, -0.15) is 10.2 Å². The van der Waals surface area contributed by atoms with Gasteiger partial charge < -0.3 is 0 Å². The summed E-state index contributed by atoms with van der Waals surface area (Å²) in [4.78, 5) is 0. The average Bonchev–Trinajstić information content (AvgIpc) is 2.53. The van der Waals surface area contributed by atoms with E-state index in [4.69, 9.17) is 0 Å². The zero-order valence-corrected chi connectivity index (χ0v) is 10.9. The lowest BCUT2D eigenvalue weighted by Crippen LogP contribution is -2.07. The van der Waals surface area contributed by atoms with Crippen LogP contribution < -0.4 is 5.43 Å². The normalized spacial score (nSPS) is 14.8. The first kappa shape index (κ1) is 12.0. The van der Waals surface area contributed by atoms with E-state index < -0.39 is 0 Å². The SMILES string of the molecule is CC(C)=NNc1nnc2c(c1C)CCCCC2. The average molecular weight is 232 g/mol. The molecule has 0 atom stereocenters. The second kappa shape index (κ2) is 5.25. The molecule has 0 bridgehead atoms. The minimum Gasteiger partial charge on any atom is -0.260 e. The number of nitrogens with zero attached hydrogens (tertiary/aromatic N) is 3. The van der Waals surface area contributed by atoms with Gasteiger partial charge >= 0.3 is 0 Å². The van der Waals surface area contributed by atoms with Gasteiger partial charge in [-0.25, -0.2) is 0 Å². The molecule has 0 aliphatic heterocycles. The summed E-state index contributed by atoms with van der Waals surface area (Å²) >= 11 is 0. The van der Waals surface area contributed by atoms with Crippen LogP contribution in [0.15, 0.2) is 5.10 Å². The van der Waals surface area contributed by atoms with Crippen LogP contribution in [0.2, 0.25) is 0 Å². The Morgan fingerprint density at radius 3 is 2.65 bits per heavy atom. The Bertz CT molecular complexity index is 433. The van der Waals surface area contributed by atoms with Crippen LogP contribution in [-0.2, 0) is 12.8 Å². The number of aryl methyl sites for hydroxylation is 1. The van der Waals surface area contributed by atoms with Gasteiger partial charge in [0.05, 0.1) is 5.69 Å². The molecule has 4 heteroatoms. The van der Waals surface area contributed by atoms with Crippen LogP contribution in [0.25, 0.3) is 0 Å². The van der Waals surface area contributed by atoms with Crippen LogP contribution in [0.3, 0.4) is 0 Å². The summed E-state index contributed by atoms with van der Waals surface area (Å²) in [7, 11) is 0. The fourth-order valence-electron chi connectivity index (χ4n) is 2.18. The molecule has 0 radical (unpaired) electrons. The summed E-state index contributed by atoms with van der Waals surface area (Å²) < 4.78 is 0. The Kier molecular flexibility index (Phi) is 3.71. The maximum absolute atomic E-state index is 4.34. The molecule has 0 fully saturated rings. The molecular weight excluding hydrogens is 212 g/mol. The van der Waals surface area contributed by atoms with Crippen molar-refractivity contribution in [3.63, 3.8) is 0 Å². The number of rotatable bonds is 2. The molecule has 2 rings (SSSR count). The lowest BCUT2D eigenvalue weighted by Gasteiger charge is -2.11. The highest BCUT2D eigenvalue weighted by Crippen LogP contribution is 2.24. The maximum Gasteiger partial charge on any atom is 0.172 e. The highest BCUT2D eigenvalue weighted by atomic mass is 15.3. The van der Waals surface area contributed by atoms with Crippen molar-refractivity contribution in [3.8, 4) is 0 Å². The number of hydrazone groups is 1. The molecule has 92 valence electrons. The van der Waals surface area contributed by atoms with Gasteiger partial charge in [-0.05, 0) is 52.0 Å². The summed E-state index contributed by atoms with van der Waals surface area (Å²) in [5.41, 5.74) is 7.76. The van der Waals surface area contributed by atoms with Crippen molar-refractivity contribution >= 4 is 11.5 Å². The smallest absolute Gasteiger partial charge is 0.172 e. The maximum atomic E-state index is 4.34. The van der Waals surface area contributed by atoms with E-state index in [1.807, 2.05) is 13.8 Å². The minimum atomic E-state index is 0.798. The van der Waals surface area contributed by atoms with Gasteiger partial charge in [0, 0.05) is 11.3 Å². The zero-order chi connectivity index (χ0) is 12.3. The summed E-state index contributed by atoms with van der Waals surface area (Å²) in [6.07, 6.45) is 5.99. The van der Waals surface area contributed by atoms with Crippen molar-refractivity contribution in [1.29, 1.82) is 0 Å². The van der Waals surface area contributed by atoms with Gasteiger partial charge in [-0.3, -0.25) is 5.43 Å². The highest BCUT2D eigenvalue weighted by Gasteiger charge is 2.15. The van der Waals surface area contributed by atoms with E-state index >= 15 is 0 Å². The fourth-order valence-corrected chi connectivity index (χ4v) is 2.18. The van der Waals surface area contributed by atoms with Gasteiger partial charge in [-0.15, -0.1) is 5.10 Å². The molecule has 0 saturated carbocycles. The third kappa shape index (κ3) is 2.81. The molecule has 0 amide bonds. The van der Waals surface area contributed by atoms with E-state index in [1.165, 1.54) is 36.1 Å². The lowest BCUT2D eigenvalue weighted by atomic mass is 10.0. The zero-order valence-electron chi connectivity index (χ0n) is 10.9. The molecule has 1 aliphatic rings. The highest BCUT2D eigenvalue weighted by molar-refractivity contribution is 5.79. The van der Waals surface area contributed by atoms with Gasteiger partial charge in [0.15, 0.2) is 5.82 Å². The largest absolute Gasteiger partial charge is 0.260 e. The summed E-state index contributed by atoms with van der Waals surface area (Å²) in [6.45, 7) is 6.03. The molecule has 0 saturated heterocycles. The summed E-state index contributed by atoms with van der Waals surface area (Å²) in [5, 5.41) is 12.8. The van der Waals surface area contributed by atoms with Crippen molar-refractivity contribution < 1.29 is 0 Å². The van der Waals surface area contributed by atoms with E-state index in [9.17, 15) is 0 Å². The Morgan fingerprint density at radius 1 is 1.12 bits per heavy atom. The number of hydrogen-bond acceptors (Lipinski definition) is 4. The first-order valence-electron chi connectivity index (χ1n) is 6.30. The molecule has 4 nitrogen and oxygen atoms in total. The van der Waals surface area contributed by atoms with Crippen LogP contribution >= 0.6 is 0 Å². The Hall–Kier alpha value is -1.45. The molecule has 0 spiro atoms. The molecule has 0 aromatic carbocycles. The second-order valence-corrected chi connectivity index (χ2v) is 4.83. The predicted molar refractivity (Wildman–Crippen MR) is 70.4 cm³/mol. The number of nitrogens with one attached hydrogen (secondary N) is 1. The van der Waals surface area contributed by atoms with E-state index in [1.54, 1.807) is 0 Å². The Labute approximate surface area is 103 Å². The molecule has 17 heavy (non-hydrogen) atoms. The number of hydrogen-bond donors (Lipinski definition) is 1. The topological polar surface area (TPSA) is 50.2 Å². The molecule has 1 aliphatic carbocycles. The van der Waals surface area contributed by atoms with E-state index in [-0.39, 0.29) is 0 Å². The molecule has 1 aromatic rings. The van der Waals surface area contributed by atoms with Crippen LogP contribution in [0.4, 0.5) is 5.82 Å². The van der Waals surface area contributed by atoms with Crippen molar-refractivity contribution in [2.24, 2.45) is 5.10 Å². The van der Waals surface area contributed by atoms with E-state index in [2.05, 4.69) is 27.6 Å². The number of fused-ring (bicyclic) bond motifs is 1. The van der Waals surface area contributed by atoms with Crippen molar-refractivity contribution in [2.45, 2.75) is 52.9 Å². The fraction of sp³-hybridized carbons (Fsp3) is 0.615. The van der Waals surface area contributed by atoms with E-state index in [0.717, 1.165) is 24.4 Å². The minimum absolute atomic E-state index is 0.798. The standard InChI is InChI=1S/C13H20N4/c1-9(2)14-16-13-10(3)11-7-5-4-6-8-12(11)15-17-13/h4-8H2,1-3H3,(H,16,17). The third-order valence-electron chi connectivity index (χ3n) is 3.15. The predicted octanol–water partition coefficient (Wildman–Crippen LogP) is 2.86. The molecule has 1 heterocycles. The van der Waals surface area contributed by atoms with Gasteiger partial charge in [0.1, 0.15) is 0 Å². The molecule has 1 aromatic heterocycles. The van der Waals surface area contributed by atoms with Gasteiger partial charge in [0.2, 0.25) is 0 Å². The second-order valence-electron chi connectivity index (χ2n) is 4.83. The molecule has 0 unspecified atom stereocenters. The summed E-state index contributed by atoms with van der Waals surface area (Å²) in [6, 6.07) is 0. The first-order chi connectivity index (χ1) is 8.18. The van der Waals surface area contributed by atoms with Crippen molar-refractivity contribution in [1.82, 2.24) is 10.2 Å². The number of aromatic nitrogens is 2. The third-order valence-corrected chi connectivity index (χ3v) is 3.15. The molecule has 1 N–H and O–H groups in total. The Morgan fingerprint density at radius 2 is 1.88 bits per heavy atom.